The van der Waals surface area contributed by atoms with E-state index in [-0.39, 0.29) is 17.5 Å². The number of anilines is 1. The summed E-state index contributed by atoms with van der Waals surface area (Å²) in [6, 6.07) is 0. The van der Waals surface area contributed by atoms with Crippen molar-refractivity contribution < 1.29 is 9.66 Å². The normalized spacial score (nSPS) is 9.38. The third-order valence-corrected chi connectivity index (χ3v) is 1.25. The molecule has 70 valence electrons. The van der Waals surface area contributed by atoms with Gasteiger partial charge in [0, 0.05) is 0 Å². The molecule has 0 unspecified atom stereocenters. The number of nitrogens with zero attached hydrogens (tertiary/aromatic N) is 3. The van der Waals surface area contributed by atoms with E-state index >= 15 is 0 Å². The minimum atomic E-state index is -0.640. The Labute approximate surface area is 72.9 Å². The van der Waals surface area contributed by atoms with Crippen LogP contribution in [0.4, 0.5) is 11.6 Å². The van der Waals surface area contributed by atoms with Gasteiger partial charge in [-0.1, -0.05) is 0 Å². The summed E-state index contributed by atoms with van der Waals surface area (Å²) < 4.78 is 4.66. The van der Waals surface area contributed by atoms with Crippen LogP contribution in [-0.2, 0) is 0 Å². The Morgan fingerprint density at radius 1 is 1.77 bits per heavy atom. The van der Waals surface area contributed by atoms with Gasteiger partial charge < -0.3 is 4.74 Å². The van der Waals surface area contributed by atoms with Gasteiger partial charge in [0.1, 0.15) is 6.20 Å². The molecule has 8 heteroatoms. The van der Waals surface area contributed by atoms with Gasteiger partial charge in [0.05, 0.1) is 12.0 Å². The molecule has 0 atom stereocenters. The van der Waals surface area contributed by atoms with Gasteiger partial charge in [-0.2, -0.15) is 4.98 Å². The van der Waals surface area contributed by atoms with Gasteiger partial charge in [0.2, 0.25) is 5.95 Å². The average Bonchev–Trinajstić information content (AvgIpc) is 2.16. The number of nitrogen functional groups attached to an aromatic ring is 1. The highest BCUT2D eigenvalue weighted by Gasteiger charge is 2.17. The standard InChI is InChI=1S/C5H7N5O3/c1-13-4-3(10(11)12)2-7-5(8-4)9-6/h2H,6H2,1H3,(H,7,8,9). The lowest BCUT2D eigenvalue weighted by Gasteiger charge is -2.01. The Balaban J connectivity index is 3.15. The van der Waals surface area contributed by atoms with Crippen molar-refractivity contribution in [3.8, 4) is 5.88 Å². The van der Waals surface area contributed by atoms with E-state index in [1.165, 1.54) is 7.11 Å². The van der Waals surface area contributed by atoms with Crippen LogP contribution < -0.4 is 16.0 Å². The topological polar surface area (TPSA) is 116 Å². The first-order valence-electron chi connectivity index (χ1n) is 3.21. The first-order valence-corrected chi connectivity index (χ1v) is 3.21. The summed E-state index contributed by atoms with van der Waals surface area (Å²) in [7, 11) is 1.27. The summed E-state index contributed by atoms with van der Waals surface area (Å²) >= 11 is 0. The summed E-state index contributed by atoms with van der Waals surface area (Å²) in [5.41, 5.74) is 1.84. The molecule has 13 heavy (non-hydrogen) atoms. The summed E-state index contributed by atoms with van der Waals surface area (Å²) in [6.45, 7) is 0. The van der Waals surface area contributed by atoms with E-state index in [9.17, 15) is 10.1 Å². The molecule has 1 heterocycles. The van der Waals surface area contributed by atoms with Gasteiger partial charge in [-0.15, -0.1) is 0 Å². The molecular formula is C5H7N5O3. The van der Waals surface area contributed by atoms with Gasteiger partial charge in [-0.25, -0.2) is 10.8 Å². The first kappa shape index (κ1) is 9.13. The van der Waals surface area contributed by atoms with Crippen LogP contribution in [0.15, 0.2) is 6.20 Å². The number of aromatic nitrogens is 2. The Hall–Kier alpha value is -1.96. The van der Waals surface area contributed by atoms with Crippen molar-refractivity contribution in [3.63, 3.8) is 0 Å². The van der Waals surface area contributed by atoms with Crippen LogP contribution in [0.25, 0.3) is 0 Å². The second kappa shape index (κ2) is 3.63. The molecule has 0 spiro atoms. The summed E-state index contributed by atoms with van der Waals surface area (Å²) in [5.74, 6) is 4.93. The Morgan fingerprint density at radius 3 is 2.92 bits per heavy atom. The molecule has 0 amide bonds. The summed E-state index contributed by atoms with van der Waals surface area (Å²) in [5, 5.41) is 10.4. The number of nitrogens with one attached hydrogen (secondary N) is 1. The number of ether oxygens (including phenoxy) is 1. The predicted octanol–water partition coefficient (Wildman–Crippen LogP) is -0.321. The first-order chi connectivity index (χ1) is 6.19. The molecule has 0 aliphatic carbocycles. The van der Waals surface area contributed by atoms with Crippen LogP contribution in [0.2, 0.25) is 0 Å². The van der Waals surface area contributed by atoms with Crippen LogP contribution in [0, 0.1) is 10.1 Å². The van der Waals surface area contributed by atoms with Gasteiger partial charge >= 0.3 is 5.69 Å². The second-order valence-electron chi connectivity index (χ2n) is 1.99. The van der Waals surface area contributed by atoms with E-state index in [1.807, 2.05) is 0 Å². The zero-order valence-electron chi connectivity index (χ0n) is 6.72. The van der Waals surface area contributed by atoms with Crippen LogP contribution in [0.5, 0.6) is 5.88 Å². The fourth-order valence-corrected chi connectivity index (χ4v) is 0.705. The fraction of sp³-hybridized carbons (Fsp3) is 0.200. The van der Waals surface area contributed by atoms with Gasteiger partial charge in [-0.05, 0) is 0 Å². The van der Waals surface area contributed by atoms with E-state index in [4.69, 9.17) is 5.84 Å². The SMILES string of the molecule is COc1nc(NN)ncc1[N+](=O)[O-]. The Morgan fingerprint density at radius 2 is 2.46 bits per heavy atom. The van der Waals surface area contributed by atoms with E-state index in [0.717, 1.165) is 6.20 Å². The number of hydrazine groups is 1. The minimum Gasteiger partial charge on any atom is -0.476 e. The molecule has 8 nitrogen and oxygen atoms in total. The molecule has 0 bridgehead atoms. The molecule has 0 aliphatic heterocycles. The monoisotopic (exact) mass is 185 g/mol. The Kier molecular flexibility index (Phi) is 2.55. The number of methoxy groups -OCH3 is 1. The van der Waals surface area contributed by atoms with Gasteiger partial charge in [0.15, 0.2) is 0 Å². The summed E-state index contributed by atoms with van der Waals surface area (Å²) in [6.07, 6.45) is 1.01. The van der Waals surface area contributed by atoms with Gasteiger partial charge in [0.25, 0.3) is 5.88 Å². The van der Waals surface area contributed by atoms with E-state index in [1.54, 1.807) is 0 Å². The molecule has 0 saturated heterocycles. The van der Waals surface area contributed by atoms with E-state index in [0.29, 0.717) is 0 Å². The number of nitro groups is 1. The summed E-state index contributed by atoms with van der Waals surface area (Å²) in [4.78, 5) is 16.9. The second-order valence-corrected chi connectivity index (χ2v) is 1.99. The number of hydrogen-bond acceptors (Lipinski definition) is 7. The van der Waals surface area contributed by atoms with Crippen LogP contribution in [0.1, 0.15) is 0 Å². The molecule has 0 radical (unpaired) electrons. The maximum atomic E-state index is 10.4. The molecule has 1 aromatic heterocycles. The largest absolute Gasteiger partial charge is 0.476 e. The van der Waals surface area contributed by atoms with Crippen molar-refractivity contribution in [1.29, 1.82) is 0 Å². The van der Waals surface area contributed by atoms with Crippen molar-refractivity contribution in [3.05, 3.63) is 16.3 Å². The van der Waals surface area contributed by atoms with Gasteiger partial charge in [-0.3, -0.25) is 15.5 Å². The van der Waals surface area contributed by atoms with E-state index in [2.05, 4.69) is 20.1 Å². The van der Waals surface area contributed by atoms with Crippen molar-refractivity contribution in [2.24, 2.45) is 5.84 Å². The quantitative estimate of drug-likeness (QED) is 0.376. The molecule has 3 N–H and O–H groups in total. The number of hydrogen-bond donors (Lipinski definition) is 2. The Bertz CT molecular complexity index is 328. The van der Waals surface area contributed by atoms with Crippen LogP contribution in [0.3, 0.4) is 0 Å². The molecule has 0 saturated carbocycles. The smallest absolute Gasteiger partial charge is 0.349 e. The lowest BCUT2D eigenvalue weighted by Crippen LogP contribution is -2.11. The maximum Gasteiger partial charge on any atom is 0.349 e. The predicted molar refractivity (Wildman–Crippen MR) is 43.0 cm³/mol. The zero-order valence-corrected chi connectivity index (χ0v) is 6.72. The van der Waals surface area contributed by atoms with Crippen molar-refractivity contribution in [2.75, 3.05) is 12.5 Å². The fourth-order valence-electron chi connectivity index (χ4n) is 0.705. The molecule has 0 fully saturated rings. The lowest BCUT2D eigenvalue weighted by atomic mass is 10.5. The molecule has 0 aromatic carbocycles. The third kappa shape index (κ3) is 1.79. The molecule has 1 rings (SSSR count). The van der Waals surface area contributed by atoms with Crippen molar-refractivity contribution >= 4 is 11.6 Å². The van der Waals surface area contributed by atoms with Crippen molar-refractivity contribution in [1.82, 2.24) is 9.97 Å². The highest BCUT2D eigenvalue weighted by Crippen LogP contribution is 2.23. The zero-order chi connectivity index (χ0) is 9.84. The number of nitrogens with two attached hydrogens (primary N) is 1. The highest BCUT2D eigenvalue weighted by molar-refractivity contribution is 5.42. The van der Waals surface area contributed by atoms with Crippen molar-refractivity contribution in [2.45, 2.75) is 0 Å². The number of rotatable bonds is 3. The third-order valence-electron chi connectivity index (χ3n) is 1.25. The molecular weight excluding hydrogens is 178 g/mol. The maximum absolute atomic E-state index is 10.4. The van der Waals surface area contributed by atoms with Crippen LogP contribution in [-0.4, -0.2) is 22.0 Å². The molecule has 0 aliphatic rings. The lowest BCUT2D eigenvalue weighted by molar-refractivity contribution is -0.386. The average molecular weight is 185 g/mol. The minimum absolute atomic E-state index is 0.0578. The van der Waals surface area contributed by atoms with Crippen LogP contribution >= 0.6 is 0 Å². The molecule has 1 aromatic rings. The van der Waals surface area contributed by atoms with E-state index < -0.39 is 4.92 Å². The highest BCUT2D eigenvalue weighted by atomic mass is 16.6.